The minimum atomic E-state index is 0.0948. The molecule has 136 valence electrons. The molecule has 0 saturated carbocycles. The second kappa shape index (κ2) is 8.23. The largest absolute Gasteiger partial charge is 0.486 e. The fraction of sp³-hybridized carbons (Fsp3) is 0.579. The number of hydrogen-bond donors (Lipinski definition) is 0. The number of benzene rings is 1. The van der Waals surface area contributed by atoms with E-state index in [0.29, 0.717) is 58.0 Å². The van der Waals surface area contributed by atoms with Crippen LogP contribution in [0.15, 0.2) is 18.2 Å². The van der Waals surface area contributed by atoms with Crippen LogP contribution in [0.4, 0.5) is 0 Å². The molecular formula is C19H26N2O4. The lowest BCUT2D eigenvalue weighted by molar-refractivity contribution is -0.139. The van der Waals surface area contributed by atoms with Crippen molar-refractivity contribution in [3.05, 3.63) is 23.8 Å². The Morgan fingerprint density at radius 2 is 1.60 bits per heavy atom. The third-order valence-electron chi connectivity index (χ3n) is 4.69. The normalized spacial score (nSPS) is 16.7. The molecule has 0 unspecified atom stereocenters. The quantitative estimate of drug-likeness (QED) is 0.817. The Labute approximate surface area is 148 Å². The molecule has 0 spiro atoms. The van der Waals surface area contributed by atoms with Crippen LogP contribution in [0.5, 0.6) is 11.5 Å². The summed E-state index contributed by atoms with van der Waals surface area (Å²) in [5, 5.41) is 0. The SMILES string of the molecule is CCCCC(=O)N1CCN(C(=O)Cc2ccc3c(c2)OCCO3)CC1. The number of carbonyl (C=O) groups is 2. The van der Waals surface area contributed by atoms with E-state index in [1.54, 1.807) is 0 Å². The molecule has 0 aromatic heterocycles. The van der Waals surface area contributed by atoms with E-state index < -0.39 is 0 Å². The van der Waals surface area contributed by atoms with Gasteiger partial charge in [-0.3, -0.25) is 9.59 Å². The summed E-state index contributed by atoms with van der Waals surface area (Å²) < 4.78 is 11.1. The monoisotopic (exact) mass is 346 g/mol. The van der Waals surface area contributed by atoms with Crippen LogP contribution in [0, 0.1) is 0 Å². The maximum absolute atomic E-state index is 12.5. The third kappa shape index (κ3) is 4.44. The molecule has 25 heavy (non-hydrogen) atoms. The molecule has 6 heteroatoms. The first-order valence-corrected chi connectivity index (χ1v) is 9.11. The number of nitrogens with zero attached hydrogens (tertiary/aromatic N) is 2. The summed E-state index contributed by atoms with van der Waals surface area (Å²) >= 11 is 0. The van der Waals surface area contributed by atoms with Gasteiger partial charge in [-0.05, 0) is 24.1 Å². The van der Waals surface area contributed by atoms with Gasteiger partial charge < -0.3 is 19.3 Å². The molecule has 1 fully saturated rings. The van der Waals surface area contributed by atoms with E-state index in [1.807, 2.05) is 28.0 Å². The van der Waals surface area contributed by atoms with Gasteiger partial charge in [0.2, 0.25) is 11.8 Å². The molecule has 1 aromatic rings. The maximum Gasteiger partial charge on any atom is 0.227 e. The lowest BCUT2D eigenvalue weighted by Crippen LogP contribution is -2.50. The van der Waals surface area contributed by atoms with Gasteiger partial charge in [-0.25, -0.2) is 0 Å². The van der Waals surface area contributed by atoms with Crippen molar-refractivity contribution in [1.29, 1.82) is 0 Å². The molecule has 2 heterocycles. The lowest BCUT2D eigenvalue weighted by Gasteiger charge is -2.35. The van der Waals surface area contributed by atoms with Gasteiger partial charge in [0, 0.05) is 32.6 Å². The van der Waals surface area contributed by atoms with Gasteiger partial charge in [0.15, 0.2) is 11.5 Å². The van der Waals surface area contributed by atoms with Crippen molar-refractivity contribution < 1.29 is 19.1 Å². The van der Waals surface area contributed by atoms with Crippen LogP contribution < -0.4 is 9.47 Å². The second-order valence-electron chi connectivity index (χ2n) is 6.52. The predicted molar refractivity (Wildman–Crippen MR) is 93.8 cm³/mol. The van der Waals surface area contributed by atoms with Gasteiger partial charge in [-0.2, -0.15) is 0 Å². The Kier molecular flexibility index (Phi) is 5.79. The molecule has 2 amide bonds. The Hall–Kier alpha value is -2.24. The molecule has 0 bridgehead atoms. The van der Waals surface area contributed by atoms with E-state index in [0.717, 1.165) is 24.2 Å². The van der Waals surface area contributed by atoms with E-state index >= 15 is 0 Å². The Bertz CT molecular complexity index is 624. The Morgan fingerprint density at radius 3 is 2.28 bits per heavy atom. The highest BCUT2D eigenvalue weighted by atomic mass is 16.6. The van der Waals surface area contributed by atoms with Crippen molar-refractivity contribution in [2.24, 2.45) is 0 Å². The fourth-order valence-electron chi connectivity index (χ4n) is 3.18. The molecule has 0 aliphatic carbocycles. The van der Waals surface area contributed by atoms with Crippen LogP contribution in [0.1, 0.15) is 31.7 Å². The van der Waals surface area contributed by atoms with Crippen molar-refractivity contribution in [2.45, 2.75) is 32.6 Å². The van der Waals surface area contributed by atoms with E-state index in [4.69, 9.17) is 9.47 Å². The van der Waals surface area contributed by atoms with Gasteiger partial charge >= 0.3 is 0 Å². The molecular weight excluding hydrogens is 320 g/mol. The summed E-state index contributed by atoms with van der Waals surface area (Å²) in [4.78, 5) is 28.3. The molecule has 6 nitrogen and oxygen atoms in total. The molecule has 1 aromatic carbocycles. The van der Waals surface area contributed by atoms with Gasteiger partial charge in [-0.15, -0.1) is 0 Å². The predicted octanol–water partition coefficient (Wildman–Crippen LogP) is 1.86. The van der Waals surface area contributed by atoms with E-state index in [-0.39, 0.29) is 11.8 Å². The van der Waals surface area contributed by atoms with Crippen molar-refractivity contribution in [1.82, 2.24) is 9.80 Å². The summed E-state index contributed by atoms with van der Waals surface area (Å²) in [6.07, 6.45) is 2.92. The summed E-state index contributed by atoms with van der Waals surface area (Å²) in [7, 11) is 0. The first-order chi connectivity index (χ1) is 12.2. The molecule has 2 aliphatic heterocycles. The summed E-state index contributed by atoms with van der Waals surface area (Å²) in [5.41, 5.74) is 0.927. The standard InChI is InChI=1S/C19H26N2O4/c1-2-3-4-18(22)20-7-9-21(10-8-20)19(23)14-15-5-6-16-17(13-15)25-12-11-24-16/h5-6,13H,2-4,7-12,14H2,1H3. The second-order valence-corrected chi connectivity index (χ2v) is 6.52. The number of fused-ring (bicyclic) bond motifs is 1. The number of unbranched alkanes of at least 4 members (excludes halogenated alkanes) is 1. The third-order valence-corrected chi connectivity index (χ3v) is 4.69. The number of hydrogen-bond acceptors (Lipinski definition) is 4. The summed E-state index contributed by atoms with van der Waals surface area (Å²) in [5.74, 6) is 1.75. The zero-order valence-electron chi connectivity index (χ0n) is 14.8. The zero-order valence-corrected chi connectivity index (χ0v) is 14.8. The molecule has 0 radical (unpaired) electrons. The number of carbonyl (C=O) groups excluding carboxylic acids is 2. The zero-order chi connectivity index (χ0) is 17.6. The van der Waals surface area contributed by atoms with Gasteiger partial charge in [0.05, 0.1) is 6.42 Å². The minimum absolute atomic E-state index is 0.0948. The highest BCUT2D eigenvalue weighted by Gasteiger charge is 2.24. The molecule has 1 saturated heterocycles. The van der Waals surface area contributed by atoms with Crippen LogP contribution >= 0.6 is 0 Å². The first kappa shape index (κ1) is 17.6. The van der Waals surface area contributed by atoms with Crippen LogP contribution in [0.25, 0.3) is 0 Å². The summed E-state index contributed by atoms with van der Waals surface area (Å²) in [6, 6.07) is 5.66. The number of rotatable bonds is 5. The molecule has 3 rings (SSSR count). The van der Waals surface area contributed by atoms with Crippen molar-refractivity contribution in [2.75, 3.05) is 39.4 Å². The van der Waals surface area contributed by atoms with Crippen LogP contribution in [0.2, 0.25) is 0 Å². The molecule has 0 N–H and O–H groups in total. The van der Waals surface area contributed by atoms with Gasteiger partial charge in [-0.1, -0.05) is 19.4 Å². The Balaban J connectivity index is 1.50. The lowest BCUT2D eigenvalue weighted by atomic mass is 10.1. The highest BCUT2D eigenvalue weighted by Crippen LogP contribution is 2.31. The van der Waals surface area contributed by atoms with Crippen LogP contribution in [0.3, 0.4) is 0 Å². The van der Waals surface area contributed by atoms with Crippen molar-refractivity contribution in [3.63, 3.8) is 0 Å². The average Bonchev–Trinajstić information content (AvgIpc) is 2.66. The Morgan fingerprint density at radius 1 is 0.960 bits per heavy atom. The number of piperazine rings is 1. The maximum atomic E-state index is 12.5. The highest BCUT2D eigenvalue weighted by molar-refractivity contribution is 5.80. The molecule has 0 atom stereocenters. The average molecular weight is 346 g/mol. The van der Waals surface area contributed by atoms with Crippen LogP contribution in [-0.4, -0.2) is 61.0 Å². The first-order valence-electron chi connectivity index (χ1n) is 9.11. The molecule has 2 aliphatic rings. The fourth-order valence-corrected chi connectivity index (χ4v) is 3.18. The summed E-state index contributed by atoms with van der Waals surface area (Å²) in [6.45, 7) is 5.68. The van der Waals surface area contributed by atoms with E-state index in [2.05, 4.69) is 6.92 Å². The van der Waals surface area contributed by atoms with Crippen molar-refractivity contribution in [3.8, 4) is 11.5 Å². The van der Waals surface area contributed by atoms with E-state index in [1.165, 1.54) is 0 Å². The van der Waals surface area contributed by atoms with Gasteiger partial charge in [0.25, 0.3) is 0 Å². The smallest absolute Gasteiger partial charge is 0.227 e. The number of ether oxygens (including phenoxy) is 2. The van der Waals surface area contributed by atoms with E-state index in [9.17, 15) is 9.59 Å². The van der Waals surface area contributed by atoms with Gasteiger partial charge in [0.1, 0.15) is 13.2 Å². The van der Waals surface area contributed by atoms with Crippen LogP contribution in [-0.2, 0) is 16.0 Å². The minimum Gasteiger partial charge on any atom is -0.486 e. The number of amides is 2. The van der Waals surface area contributed by atoms with Crippen molar-refractivity contribution >= 4 is 11.8 Å². The topological polar surface area (TPSA) is 59.1 Å².